The first-order valence-corrected chi connectivity index (χ1v) is 7.17. The van der Waals surface area contributed by atoms with E-state index in [1.54, 1.807) is 0 Å². The highest BCUT2D eigenvalue weighted by Gasteiger charge is 2.50. The number of nitrogens with zero attached hydrogens (tertiary/aromatic N) is 3. The first-order valence-electron chi connectivity index (χ1n) is 7.17. The molecule has 1 aliphatic carbocycles. The van der Waals surface area contributed by atoms with Crippen molar-refractivity contribution in [2.45, 2.75) is 63.5 Å². The molecular formula is C15H25N3. The Bertz CT molecular complexity index is 437. The van der Waals surface area contributed by atoms with Crippen LogP contribution in [0.1, 0.15) is 58.1 Å². The summed E-state index contributed by atoms with van der Waals surface area (Å²) >= 11 is 0. The van der Waals surface area contributed by atoms with Crippen LogP contribution in [-0.4, -0.2) is 33.8 Å². The Morgan fingerprint density at radius 2 is 2.06 bits per heavy atom. The predicted molar refractivity (Wildman–Crippen MR) is 73.8 cm³/mol. The summed E-state index contributed by atoms with van der Waals surface area (Å²) in [5.41, 5.74) is 2.09. The average Bonchev–Trinajstić information content (AvgIpc) is 2.88. The third-order valence-corrected chi connectivity index (χ3v) is 4.89. The number of hydrogen-bond acceptors (Lipinski definition) is 2. The zero-order chi connectivity index (χ0) is 13.0. The molecule has 0 aromatic carbocycles. The van der Waals surface area contributed by atoms with Gasteiger partial charge in [-0.05, 0) is 43.7 Å². The Balaban J connectivity index is 1.77. The van der Waals surface area contributed by atoms with Gasteiger partial charge in [0.1, 0.15) is 0 Å². The number of likely N-dealkylation sites (tertiary alicyclic amines) is 1. The van der Waals surface area contributed by atoms with Crippen LogP contribution in [0.25, 0.3) is 0 Å². The molecule has 1 spiro atoms. The zero-order valence-electron chi connectivity index (χ0n) is 12.1. The third-order valence-electron chi connectivity index (χ3n) is 4.89. The summed E-state index contributed by atoms with van der Waals surface area (Å²) in [6.45, 7) is 7.98. The van der Waals surface area contributed by atoms with E-state index in [-0.39, 0.29) is 5.41 Å². The minimum Gasteiger partial charge on any atom is -0.301 e. The van der Waals surface area contributed by atoms with E-state index in [0.29, 0.717) is 11.6 Å². The number of hydrogen-bond donors (Lipinski definition) is 0. The second-order valence-electron chi connectivity index (χ2n) is 7.25. The maximum absolute atomic E-state index is 4.62. The molecule has 1 aromatic rings. The van der Waals surface area contributed by atoms with Gasteiger partial charge in [0.05, 0.1) is 12.2 Å². The van der Waals surface area contributed by atoms with Crippen LogP contribution in [0.5, 0.6) is 0 Å². The standard InChI is InChI=1S/C15H25N3/c1-14(2,3)12-10-16-18(11-12)13-5-8-17(4)15(9-13)6-7-15/h10-11,13H,5-9H2,1-4H3/t13-/m1/s1. The quantitative estimate of drug-likeness (QED) is 0.760. The molecule has 2 fully saturated rings. The minimum atomic E-state index is 0.209. The van der Waals surface area contributed by atoms with Gasteiger partial charge in [-0.2, -0.15) is 5.10 Å². The molecule has 1 aliphatic heterocycles. The highest BCUT2D eigenvalue weighted by atomic mass is 15.3. The van der Waals surface area contributed by atoms with Crippen LogP contribution >= 0.6 is 0 Å². The highest BCUT2D eigenvalue weighted by molar-refractivity contribution is 5.16. The summed E-state index contributed by atoms with van der Waals surface area (Å²) in [5, 5.41) is 4.62. The summed E-state index contributed by atoms with van der Waals surface area (Å²) in [5.74, 6) is 0. The lowest BCUT2D eigenvalue weighted by molar-refractivity contribution is 0.121. The lowest BCUT2D eigenvalue weighted by atomic mass is 9.89. The van der Waals surface area contributed by atoms with Crippen LogP contribution < -0.4 is 0 Å². The summed E-state index contributed by atoms with van der Waals surface area (Å²) in [4.78, 5) is 2.57. The Morgan fingerprint density at radius 1 is 1.33 bits per heavy atom. The van der Waals surface area contributed by atoms with Crippen LogP contribution in [0.2, 0.25) is 0 Å². The first-order chi connectivity index (χ1) is 8.41. The smallest absolute Gasteiger partial charge is 0.0549 e. The van der Waals surface area contributed by atoms with Gasteiger partial charge in [-0.15, -0.1) is 0 Å². The molecule has 0 radical (unpaired) electrons. The van der Waals surface area contributed by atoms with Crippen LogP contribution in [0.3, 0.4) is 0 Å². The van der Waals surface area contributed by atoms with Crippen molar-refractivity contribution in [1.29, 1.82) is 0 Å². The fourth-order valence-electron chi connectivity index (χ4n) is 3.16. The molecular weight excluding hydrogens is 222 g/mol. The van der Waals surface area contributed by atoms with Crippen LogP contribution in [0.4, 0.5) is 0 Å². The molecule has 18 heavy (non-hydrogen) atoms. The van der Waals surface area contributed by atoms with Crippen LogP contribution in [-0.2, 0) is 5.41 Å². The van der Waals surface area contributed by atoms with E-state index in [0.717, 1.165) is 0 Å². The maximum atomic E-state index is 4.62. The molecule has 1 atom stereocenters. The summed E-state index contributed by atoms with van der Waals surface area (Å²) < 4.78 is 2.23. The van der Waals surface area contributed by atoms with Crippen molar-refractivity contribution in [2.75, 3.05) is 13.6 Å². The van der Waals surface area contributed by atoms with Crippen molar-refractivity contribution in [3.05, 3.63) is 18.0 Å². The number of rotatable bonds is 1. The van der Waals surface area contributed by atoms with E-state index in [4.69, 9.17) is 0 Å². The summed E-state index contributed by atoms with van der Waals surface area (Å²) in [6, 6.07) is 0.611. The fraction of sp³-hybridized carbons (Fsp3) is 0.800. The molecule has 0 bridgehead atoms. The molecule has 1 aromatic heterocycles. The molecule has 2 aliphatic rings. The van der Waals surface area contributed by atoms with Gasteiger partial charge < -0.3 is 4.90 Å². The molecule has 3 rings (SSSR count). The Hall–Kier alpha value is -0.830. The van der Waals surface area contributed by atoms with Gasteiger partial charge in [-0.25, -0.2) is 0 Å². The molecule has 3 heteroatoms. The Labute approximate surface area is 110 Å². The van der Waals surface area contributed by atoms with Crippen LogP contribution in [0, 0.1) is 0 Å². The lowest BCUT2D eigenvalue weighted by Crippen LogP contribution is -2.42. The molecule has 1 saturated carbocycles. The van der Waals surface area contributed by atoms with Crippen molar-refractivity contribution in [2.24, 2.45) is 0 Å². The van der Waals surface area contributed by atoms with Gasteiger partial charge in [0.15, 0.2) is 0 Å². The molecule has 3 nitrogen and oxygen atoms in total. The van der Waals surface area contributed by atoms with Gasteiger partial charge in [0, 0.05) is 18.3 Å². The molecule has 100 valence electrons. The van der Waals surface area contributed by atoms with Crippen molar-refractivity contribution in [3.8, 4) is 0 Å². The topological polar surface area (TPSA) is 21.1 Å². The van der Waals surface area contributed by atoms with Crippen molar-refractivity contribution in [3.63, 3.8) is 0 Å². The molecule has 0 unspecified atom stereocenters. The van der Waals surface area contributed by atoms with Crippen LogP contribution in [0.15, 0.2) is 12.4 Å². The van der Waals surface area contributed by atoms with Gasteiger partial charge in [-0.3, -0.25) is 4.68 Å². The molecule has 1 saturated heterocycles. The summed E-state index contributed by atoms with van der Waals surface area (Å²) in [7, 11) is 2.28. The lowest BCUT2D eigenvalue weighted by Gasteiger charge is -2.37. The molecule has 2 heterocycles. The monoisotopic (exact) mass is 247 g/mol. The number of aromatic nitrogens is 2. The van der Waals surface area contributed by atoms with E-state index >= 15 is 0 Å². The van der Waals surface area contributed by atoms with E-state index in [1.807, 2.05) is 0 Å². The SMILES string of the molecule is CN1CC[C@@H](n2cc(C(C)(C)C)cn2)CC12CC2. The average molecular weight is 247 g/mol. The van der Waals surface area contributed by atoms with Gasteiger partial charge in [-0.1, -0.05) is 20.8 Å². The van der Waals surface area contributed by atoms with Crippen molar-refractivity contribution >= 4 is 0 Å². The third kappa shape index (κ3) is 1.99. The molecule has 0 N–H and O–H groups in total. The second-order valence-corrected chi connectivity index (χ2v) is 7.25. The highest BCUT2D eigenvalue weighted by Crippen LogP contribution is 2.50. The van der Waals surface area contributed by atoms with Gasteiger partial charge >= 0.3 is 0 Å². The summed E-state index contributed by atoms with van der Waals surface area (Å²) in [6.07, 6.45) is 9.61. The van der Waals surface area contributed by atoms with E-state index in [9.17, 15) is 0 Å². The maximum Gasteiger partial charge on any atom is 0.0549 e. The minimum absolute atomic E-state index is 0.209. The molecule has 0 amide bonds. The van der Waals surface area contributed by atoms with Gasteiger partial charge in [0.25, 0.3) is 0 Å². The Morgan fingerprint density at radius 3 is 2.61 bits per heavy atom. The van der Waals surface area contributed by atoms with Gasteiger partial charge in [0.2, 0.25) is 0 Å². The second kappa shape index (κ2) is 3.83. The zero-order valence-corrected chi connectivity index (χ0v) is 12.1. The largest absolute Gasteiger partial charge is 0.301 e. The van der Waals surface area contributed by atoms with E-state index in [1.165, 1.54) is 37.8 Å². The predicted octanol–water partition coefficient (Wildman–Crippen LogP) is 2.98. The normalized spacial score (nSPS) is 27.7. The Kier molecular flexibility index (Phi) is 2.60. The van der Waals surface area contributed by atoms with Crippen molar-refractivity contribution < 1.29 is 0 Å². The van der Waals surface area contributed by atoms with E-state index in [2.05, 4.69) is 54.9 Å². The fourth-order valence-corrected chi connectivity index (χ4v) is 3.16. The van der Waals surface area contributed by atoms with Crippen molar-refractivity contribution in [1.82, 2.24) is 14.7 Å². The first kappa shape index (κ1) is 12.2. The van der Waals surface area contributed by atoms with E-state index < -0.39 is 0 Å². The number of piperidine rings is 1.